The first-order chi connectivity index (χ1) is 10.0. The molecule has 6 nitrogen and oxygen atoms in total. The smallest absolute Gasteiger partial charge is 0.325 e. The fourth-order valence-electron chi connectivity index (χ4n) is 2.40. The van der Waals surface area contributed by atoms with Crippen LogP contribution in [0.2, 0.25) is 0 Å². The maximum absolute atomic E-state index is 13.4. The van der Waals surface area contributed by atoms with Gasteiger partial charge in [-0.1, -0.05) is 0 Å². The highest BCUT2D eigenvalue weighted by Gasteiger charge is 2.16. The zero-order valence-corrected chi connectivity index (χ0v) is 11.5. The molecule has 0 fully saturated rings. The van der Waals surface area contributed by atoms with E-state index in [0.29, 0.717) is 21.9 Å². The fourth-order valence-corrected chi connectivity index (χ4v) is 2.40. The van der Waals surface area contributed by atoms with Crippen LogP contribution in [0.15, 0.2) is 29.3 Å². The molecule has 0 atom stereocenters. The first-order valence-electron chi connectivity index (χ1n) is 6.23. The molecule has 0 radical (unpaired) electrons. The van der Waals surface area contributed by atoms with E-state index >= 15 is 0 Å². The molecule has 21 heavy (non-hydrogen) atoms. The van der Waals surface area contributed by atoms with Gasteiger partial charge in [0.25, 0.3) is 5.56 Å². The summed E-state index contributed by atoms with van der Waals surface area (Å²) in [5.74, 6) is -0.932. The van der Waals surface area contributed by atoms with Gasteiger partial charge in [0.05, 0.1) is 19.0 Å². The Hall–Kier alpha value is -2.70. The van der Waals surface area contributed by atoms with E-state index in [1.54, 1.807) is 17.7 Å². The van der Waals surface area contributed by atoms with Gasteiger partial charge in [-0.25, -0.2) is 9.37 Å². The number of rotatable bonds is 2. The molecule has 0 saturated carbocycles. The summed E-state index contributed by atoms with van der Waals surface area (Å²) in [6.45, 7) is -0.214. The minimum atomic E-state index is -0.539. The molecule has 2 heterocycles. The summed E-state index contributed by atoms with van der Waals surface area (Å²) in [7, 11) is 2.95. The summed E-state index contributed by atoms with van der Waals surface area (Å²) in [5.41, 5.74) is 1.07. The summed E-state index contributed by atoms with van der Waals surface area (Å²) in [5, 5.41) is 0.565. The van der Waals surface area contributed by atoms with Crippen molar-refractivity contribution in [3.05, 3.63) is 40.7 Å². The Morgan fingerprint density at radius 3 is 2.90 bits per heavy atom. The molecule has 1 aromatic carbocycles. The lowest BCUT2D eigenvalue weighted by Crippen LogP contribution is -2.26. The van der Waals surface area contributed by atoms with Gasteiger partial charge in [0.1, 0.15) is 23.4 Å². The second kappa shape index (κ2) is 4.69. The molecule has 0 aliphatic heterocycles. The lowest BCUT2D eigenvalue weighted by atomic mass is 10.2. The van der Waals surface area contributed by atoms with Gasteiger partial charge in [0.15, 0.2) is 0 Å². The van der Waals surface area contributed by atoms with Crippen LogP contribution < -0.4 is 5.56 Å². The largest absolute Gasteiger partial charge is 0.468 e. The monoisotopic (exact) mass is 289 g/mol. The first-order valence-corrected chi connectivity index (χ1v) is 6.23. The Bertz CT molecular complexity index is 926. The van der Waals surface area contributed by atoms with Crippen molar-refractivity contribution < 1.29 is 13.9 Å². The van der Waals surface area contributed by atoms with Crippen molar-refractivity contribution >= 4 is 27.9 Å². The Balaban J connectivity index is 2.34. The Kier molecular flexibility index (Phi) is 2.97. The van der Waals surface area contributed by atoms with E-state index in [9.17, 15) is 14.0 Å². The fraction of sp³-hybridized carbons (Fsp3) is 0.214. The van der Waals surface area contributed by atoms with Gasteiger partial charge >= 0.3 is 5.97 Å². The summed E-state index contributed by atoms with van der Waals surface area (Å²) in [6, 6.07) is 4.26. The van der Waals surface area contributed by atoms with Gasteiger partial charge in [0.2, 0.25) is 0 Å². The van der Waals surface area contributed by atoms with Crippen LogP contribution in [0.3, 0.4) is 0 Å². The van der Waals surface area contributed by atoms with E-state index < -0.39 is 11.8 Å². The van der Waals surface area contributed by atoms with Crippen LogP contribution in [0.5, 0.6) is 0 Å². The number of methoxy groups -OCH3 is 1. The maximum Gasteiger partial charge on any atom is 0.325 e. The predicted octanol–water partition coefficient (Wildman–Crippen LogP) is 1.20. The number of aryl methyl sites for hydroxylation is 1. The van der Waals surface area contributed by atoms with Crippen LogP contribution in [0.4, 0.5) is 4.39 Å². The number of aromatic nitrogens is 3. The third kappa shape index (κ3) is 1.97. The van der Waals surface area contributed by atoms with E-state index in [0.717, 1.165) is 0 Å². The third-order valence-electron chi connectivity index (χ3n) is 3.45. The second-order valence-corrected chi connectivity index (χ2v) is 4.67. The van der Waals surface area contributed by atoms with Crippen molar-refractivity contribution in [1.29, 1.82) is 0 Å². The summed E-state index contributed by atoms with van der Waals surface area (Å²) in [4.78, 5) is 27.9. The van der Waals surface area contributed by atoms with E-state index in [4.69, 9.17) is 0 Å². The summed E-state index contributed by atoms with van der Waals surface area (Å²) in [6.07, 6.45) is 1.27. The van der Waals surface area contributed by atoms with E-state index in [1.165, 1.54) is 30.1 Å². The van der Waals surface area contributed by atoms with Gasteiger partial charge < -0.3 is 9.30 Å². The van der Waals surface area contributed by atoms with Crippen LogP contribution >= 0.6 is 0 Å². The van der Waals surface area contributed by atoms with Crippen LogP contribution in [0.1, 0.15) is 0 Å². The first kappa shape index (κ1) is 13.3. The van der Waals surface area contributed by atoms with Gasteiger partial charge in [-0.15, -0.1) is 0 Å². The van der Waals surface area contributed by atoms with Crippen molar-refractivity contribution in [2.45, 2.75) is 6.54 Å². The normalized spacial score (nSPS) is 11.2. The molecule has 0 spiro atoms. The number of hydrogen-bond acceptors (Lipinski definition) is 4. The molecule has 108 valence electrons. The lowest BCUT2D eigenvalue weighted by Gasteiger charge is -2.04. The van der Waals surface area contributed by atoms with Crippen molar-refractivity contribution in [3.8, 4) is 0 Å². The topological polar surface area (TPSA) is 66.1 Å². The molecular formula is C14H12FN3O3. The Morgan fingerprint density at radius 1 is 1.43 bits per heavy atom. The number of nitrogens with zero attached hydrogens (tertiary/aromatic N) is 3. The average Bonchev–Trinajstić information content (AvgIpc) is 2.75. The molecule has 0 aliphatic rings. The highest BCUT2D eigenvalue weighted by Crippen LogP contribution is 2.24. The van der Waals surface area contributed by atoms with Crippen molar-refractivity contribution in [1.82, 2.24) is 14.1 Å². The molecule has 2 aromatic heterocycles. The number of esters is 1. The van der Waals surface area contributed by atoms with Gasteiger partial charge in [-0.2, -0.15) is 0 Å². The Labute approximate surface area is 118 Å². The molecule has 0 aliphatic carbocycles. The van der Waals surface area contributed by atoms with Gasteiger partial charge in [-0.05, 0) is 18.2 Å². The molecule has 0 N–H and O–H groups in total. The van der Waals surface area contributed by atoms with E-state index in [-0.39, 0.29) is 12.1 Å². The number of benzene rings is 1. The molecular weight excluding hydrogens is 277 g/mol. The van der Waals surface area contributed by atoms with Gasteiger partial charge in [0, 0.05) is 12.4 Å². The molecule has 0 bridgehead atoms. The number of carbonyl (C=O) groups is 1. The van der Waals surface area contributed by atoms with Crippen molar-refractivity contribution in [2.24, 2.45) is 7.05 Å². The number of hydrogen-bond donors (Lipinski definition) is 0. The number of fused-ring (bicyclic) bond motifs is 3. The van der Waals surface area contributed by atoms with Crippen LogP contribution in [-0.2, 0) is 23.1 Å². The lowest BCUT2D eigenvalue weighted by molar-refractivity contribution is -0.141. The number of halogens is 1. The number of ether oxygens (including phenoxy) is 1. The molecule has 0 amide bonds. The maximum atomic E-state index is 13.4. The Morgan fingerprint density at radius 2 is 2.19 bits per heavy atom. The second-order valence-electron chi connectivity index (χ2n) is 4.67. The third-order valence-corrected chi connectivity index (χ3v) is 3.45. The molecule has 0 saturated heterocycles. The van der Waals surface area contributed by atoms with E-state index in [1.807, 2.05) is 0 Å². The van der Waals surface area contributed by atoms with Crippen molar-refractivity contribution in [2.75, 3.05) is 7.11 Å². The minimum Gasteiger partial charge on any atom is -0.468 e. The van der Waals surface area contributed by atoms with Crippen molar-refractivity contribution in [3.63, 3.8) is 0 Å². The highest BCUT2D eigenvalue weighted by atomic mass is 19.1. The zero-order valence-electron chi connectivity index (χ0n) is 11.5. The molecule has 3 rings (SSSR count). The average molecular weight is 289 g/mol. The summed E-state index contributed by atoms with van der Waals surface area (Å²) < 4.78 is 20.7. The zero-order chi connectivity index (χ0) is 15.1. The summed E-state index contributed by atoms with van der Waals surface area (Å²) >= 11 is 0. The quantitative estimate of drug-likeness (QED) is 0.665. The predicted molar refractivity (Wildman–Crippen MR) is 74.5 cm³/mol. The van der Waals surface area contributed by atoms with Gasteiger partial charge in [-0.3, -0.25) is 14.2 Å². The van der Waals surface area contributed by atoms with Crippen LogP contribution in [0.25, 0.3) is 21.9 Å². The molecule has 3 aromatic rings. The minimum absolute atomic E-state index is 0.214. The van der Waals surface area contributed by atoms with E-state index in [2.05, 4.69) is 9.72 Å². The molecule has 0 unspecified atom stereocenters. The SMILES string of the molecule is COC(=O)Cn1cnc2c3cc(F)ccc3n(C)c2c1=O. The molecule has 7 heteroatoms. The highest BCUT2D eigenvalue weighted by molar-refractivity contribution is 6.05. The van der Waals surface area contributed by atoms with Crippen LogP contribution in [0, 0.1) is 5.82 Å². The standard InChI is InChI=1S/C14H12FN3O3/c1-17-10-4-3-8(15)5-9(10)12-13(17)14(20)18(7-16-12)6-11(19)21-2/h3-5,7H,6H2,1-2H3. The number of carbonyl (C=O) groups excluding carboxylic acids is 1. The van der Waals surface area contributed by atoms with Crippen LogP contribution in [-0.4, -0.2) is 27.2 Å².